The van der Waals surface area contributed by atoms with Crippen LogP contribution in [0.4, 0.5) is 0 Å². The number of hydrogen-bond acceptors (Lipinski definition) is 4. The molecule has 7 nitrogen and oxygen atoms in total. The molecule has 0 aliphatic heterocycles. The summed E-state index contributed by atoms with van der Waals surface area (Å²) in [4.78, 5) is 22.2. The van der Waals surface area contributed by atoms with E-state index in [9.17, 15) is 18.0 Å². The summed E-state index contributed by atoms with van der Waals surface area (Å²) in [5.74, 6) is -1.26. The zero-order valence-electron chi connectivity index (χ0n) is 12.5. The Balaban J connectivity index is 2.69. The van der Waals surface area contributed by atoms with Gasteiger partial charge in [0.1, 0.15) is 0 Å². The maximum Gasteiger partial charge on any atom is 0.305 e. The predicted molar refractivity (Wildman–Crippen MR) is 81.1 cm³/mol. The van der Waals surface area contributed by atoms with Crippen molar-refractivity contribution in [3.8, 4) is 0 Å². The standard InChI is InChI=1S/C14H20N2O5S/c1-10(2)9-16-22(20,21)12-5-3-11(4-6-12)14(19)15-8-7-13(17)18/h3-6,10,16H,7-9H2,1-2H3,(H,15,19)(H,17,18). The molecule has 0 unspecified atom stereocenters. The first-order chi connectivity index (χ1) is 10.2. The van der Waals surface area contributed by atoms with Crippen LogP contribution in [-0.2, 0) is 14.8 Å². The number of aliphatic carboxylic acids is 1. The van der Waals surface area contributed by atoms with Crippen molar-refractivity contribution >= 4 is 21.9 Å². The average Bonchev–Trinajstić information content (AvgIpc) is 2.45. The van der Waals surface area contributed by atoms with Gasteiger partial charge in [0.25, 0.3) is 5.91 Å². The molecule has 0 aromatic heterocycles. The summed E-state index contributed by atoms with van der Waals surface area (Å²) in [7, 11) is -3.59. The topological polar surface area (TPSA) is 113 Å². The molecule has 3 N–H and O–H groups in total. The van der Waals surface area contributed by atoms with E-state index in [1.807, 2.05) is 13.8 Å². The fraction of sp³-hybridized carbons (Fsp3) is 0.429. The number of rotatable bonds is 8. The molecule has 122 valence electrons. The molecule has 0 aliphatic rings. The van der Waals surface area contributed by atoms with Gasteiger partial charge in [0.15, 0.2) is 0 Å². The van der Waals surface area contributed by atoms with Crippen LogP contribution in [0.15, 0.2) is 29.2 Å². The van der Waals surface area contributed by atoms with Crippen LogP contribution in [-0.4, -0.2) is 38.5 Å². The van der Waals surface area contributed by atoms with E-state index in [4.69, 9.17) is 5.11 Å². The first-order valence-corrected chi connectivity index (χ1v) is 8.30. The molecule has 0 aliphatic carbocycles. The monoisotopic (exact) mass is 328 g/mol. The summed E-state index contributed by atoms with van der Waals surface area (Å²) in [5, 5.41) is 10.9. The fourth-order valence-corrected chi connectivity index (χ4v) is 2.74. The molecular formula is C14H20N2O5S. The third-order valence-corrected chi connectivity index (χ3v) is 4.17. The molecule has 0 atom stereocenters. The Labute approximate surface area is 129 Å². The first kappa shape index (κ1) is 18.1. The smallest absolute Gasteiger partial charge is 0.305 e. The molecule has 8 heteroatoms. The second kappa shape index (κ2) is 7.90. The third-order valence-electron chi connectivity index (χ3n) is 2.73. The van der Waals surface area contributed by atoms with E-state index >= 15 is 0 Å². The van der Waals surface area contributed by atoms with E-state index in [0.29, 0.717) is 6.54 Å². The predicted octanol–water partition coefficient (Wildman–Crippen LogP) is 0.825. The van der Waals surface area contributed by atoms with Gasteiger partial charge in [0, 0.05) is 18.7 Å². The molecule has 1 aromatic carbocycles. The Kier molecular flexibility index (Phi) is 6.51. The Morgan fingerprint density at radius 1 is 1.18 bits per heavy atom. The summed E-state index contributed by atoms with van der Waals surface area (Å²) in [6.45, 7) is 4.14. The maximum atomic E-state index is 12.0. The second-order valence-electron chi connectivity index (χ2n) is 5.17. The summed E-state index contributed by atoms with van der Waals surface area (Å²) in [6.07, 6.45) is -0.169. The molecule has 0 saturated heterocycles. The van der Waals surface area contributed by atoms with Crippen molar-refractivity contribution in [1.82, 2.24) is 10.0 Å². The molecule has 0 radical (unpaired) electrons. The second-order valence-corrected chi connectivity index (χ2v) is 6.94. The Hall–Kier alpha value is -1.93. The van der Waals surface area contributed by atoms with Crippen LogP contribution < -0.4 is 10.0 Å². The molecule has 0 saturated carbocycles. The molecule has 0 spiro atoms. The largest absolute Gasteiger partial charge is 0.481 e. The fourth-order valence-electron chi connectivity index (χ4n) is 1.53. The maximum absolute atomic E-state index is 12.0. The van der Waals surface area contributed by atoms with Gasteiger partial charge in [-0.2, -0.15) is 0 Å². The van der Waals surface area contributed by atoms with Gasteiger partial charge in [0.05, 0.1) is 11.3 Å². The van der Waals surface area contributed by atoms with Crippen LogP contribution in [0.25, 0.3) is 0 Å². The number of sulfonamides is 1. The van der Waals surface area contributed by atoms with Crippen LogP contribution in [0.3, 0.4) is 0 Å². The number of carbonyl (C=O) groups excluding carboxylic acids is 1. The number of benzene rings is 1. The summed E-state index contributed by atoms with van der Waals surface area (Å²) >= 11 is 0. The minimum atomic E-state index is -3.59. The number of carbonyl (C=O) groups is 2. The average molecular weight is 328 g/mol. The molecular weight excluding hydrogens is 308 g/mol. The number of hydrogen-bond donors (Lipinski definition) is 3. The highest BCUT2D eigenvalue weighted by molar-refractivity contribution is 7.89. The lowest BCUT2D eigenvalue weighted by molar-refractivity contribution is -0.136. The number of amides is 1. The van der Waals surface area contributed by atoms with Crippen molar-refractivity contribution in [2.45, 2.75) is 25.2 Å². The van der Waals surface area contributed by atoms with E-state index in [1.165, 1.54) is 24.3 Å². The lowest BCUT2D eigenvalue weighted by atomic mass is 10.2. The Morgan fingerprint density at radius 2 is 1.77 bits per heavy atom. The van der Waals surface area contributed by atoms with Crippen molar-refractivity contribution in [3.63, 3.8) is 0 Å². The summed E-state index contributed by atoms with van der Waals surface area (Å²) in [6, 6.07) is 5.46. The minimum Gasteiger partial charge on any atom is -0.481 e. The van der Waals surface area contributed by atoms with Gasteiger partial charge in [-0.3, -0.25) is 9.59 Å². The van der Waals surface area contributed by atoms with Crippen molar-refractivity contribution in [2.24, 2.45) is 5.92 Å². The van der Waals surface area contributed by atoms with Gasteiger partial charge in [-0.1, -0.05) is 13.8 Å². The normalized spacial score (nSPS) is 11.4. The van der Waals surface area contributed by atoms with Gasteiger partial charge in [0.2, 0.25) is 10.0 Å². The van der Waals surface area contributed by atoms with Crippen LogP contribution in [0.2, 0.25) is 0 Å². The number of nitrogens with one attached hydrogen (secondary N) is 2. The van der Waals surface area contributed by atoms with Gasteiger partial charge in [-0.25, -0.2) is 13.1 Å². The lowest BCUT2D eigenvalue weighted by Crippen LogP contribution is -2.28. The SMILES string of the molecule is CC(C)CNS(=O)(=O)c1ccc(C(=O)NCCC(=O)O)cc1. The van der Waals surface area contributed by atoms with Crippen LogP contribution in [0.1, 0.15) is 30.6 Å². The number of carboxylic acids is 1. The van der Waals surface area contributed by atoms with E-state index in [0.717, 1.165) is 0 Å². The minimum absolute atomic E-state index is 0.0180. The van der Waals surface area contributed by atoms with Gasteiger partial charge in [-0.05, 0) is 30.2 Å². The van der Waals surface area contributed by atoms with Gasteiger partial charge < -0.3 is 10.4 Å². The highest BCUT2D eigenvalue weighted by Crippen LogP contribution is 2.11. The summed E-state index contributed by atoms with van der Waals surface area (Å²) < 4.78 is 26.5. The van der Waals surface area contributed by atoms with Crippen molar-refractivity contribution in [3.05, 3.63) is 29.8 Å². The summed E-state index contributed by atoms with van der Waals surface area (Å²) in [5.41, 5.74) is 0.271. The van der Waals surface area contributed by atoms with Gasteiger partial charge >= 0.3 is 5.97 Å². The molecule has 0 fully saturated rings. The molecule has 0 bridgehead atoms. The molecule has 0 heterocycles. The van der Waals surface area contributed by atoms with Crippen LogP contribution in [0.5, 0.6) is 0 Å². The lowest BCUT2D eigenvalue weighted by Gasteiger charge is -2.09. The number of carboxylic acid groups (broad SMARTS) is 1. The Morgan fingerprint density at radius 3 is 2.27 bits per heavy atom. The van der Waals surface area contributed by atoms with E-state index < -0.39 is 21.9 Å². The zero-order chi connectivity index (χ0) is 16.8. The van der Waals surface area contributed by atoms with E-state index in [1.54, 1.807) is 0 Å². The van der Waals surface area contributed by atoms with Crippen molar-refractivity contribution < 1.29 is 23.1 Å². The highest BCUT2D eigenvalue weighted by Gasteiger charge is 2.15. The Bertz CT molecular complexity index is 623. The van der Waals surface area contributed by atoms with E-state index in [2.05, 4.69) is 10.0 Å². The highest BCUT2D eigenvalue weighted by atomic mass is 32.2. The van der Waals surface area contributed by atoms with Crippen molar-refractivity contribution in [2.75, 3.05) is 13.1 Å². The molecule has 1 aromatic rings. The van der Waals surface area contributed by atoms with Crippen LogP contribution >= 0.6 is 0 Å². The molecule has 22 heavy (non-hydrogen) atoms. The van der Waals surface area contributed by atoms with Crippen molar-refractivity contribution in [1.29, 1.82) is 0 Å². The molecule has 1 rings (SSSR count). The molecule has 1 amide bonds. The third kappa shape index (κ3) is 5.82. The van der Waals surface area contributed by atoms with E-state index in [-0.39, 0.29) is 29.3 Å². The van der Waals surface area contributed by atoms with Gasteiger partial charge in [-0.15, -0.1) is 0 Å². The quantitative estimate of drug-likeness (QED) is 0.654. The zero-order valence-corrected chi connectivity index (χ0v) is 13.3. The van der Waals surface area contributed by atoms with Crippen LogP contribution in [0, 0.1) is 5.92 Å². The first-order valence-electron chi connectivity index (χ1n) is 6.82.